The average molecular weight is 636 g/mol. The van der Waals surface area contributed by atoms with Gasteiger partial charge in [-0.25, -0.2) is 13.8 Å². The van der Waals surface area contributed by atoms with E-state index >= 15 is 0 Å². The second kappa shape index (κ2) is 11.6. The molecule has 0 radical (unpaired) electrons. The zero-order valence-corrected chi connectivity index (χ0v) is 24.7. The molecule has 228 valence electrons. The van der Waals surface area contributed by atoms with Crippen LogP contribution < -0.4 is 10.9 Å². The molecular weight excluding hydrogens is 607 g/mol. The van der Waals surface area contributed by atoms with Crippen molar-refractivity contribution in [2.45, 2.75) is 62.8 Å². The summed E-state index contributed by atoms with van der Waals surface area (Å²) in [6.07, 6.45) is 1.08. The predicted molar refractivity (Wildman–Crippen MR) is 155 cm³/mol. The van der Waals surface area contributed by atoms with E-state index in [1.807, 2.05) is 13.1 Å². The molecule has 10 nitrogen and oxygen atoms in total. The normalized spacial score (nSPS) is 18.9. The second-order valence-electron chi connectivity index (χ2n) is 11.1. The number of carbonyl (C=O) groups excluding carboxylic acids is 1. The predicted octanol–water partition coefficient (Wildman–Crippen LogP) is 3.97. The summed E-state index contributed by atoms with van der Waals surface area (Å²) in [5.74, 6) is -1.46. The number of rotatable bonds is 8. The largest absolute Gasteiger partial charge is 0.388 e. The van der Waals surface area contributed by atoms with Gasteiger partial charge >= 0.3 is 0 Å². The molecule has 3 aromatic heterocycles. The Morgan fingerprint density at radius 3 is 2.72 bits per heavy atom. The van der Waals surface area contributed by atoms with Crippen LogP contribution in [0.15, 0.2) is 35.5 Å². The van der Waals surface area contributed by atoms with Gasteiger partial charge < -0.3 is 15.3 Å². The Balaban J connectivity index is 1.15. The lowest BCUT2D eigenvalue weighted by atomic mass is 9.91. The van der Waals surface area contributed by atoms with Crippen LogP contribution in [0.3, 0.4) is 0 Å². The fourth-order valence-corrected chi connectivity index (χ4v) is 7.15. The zero-order valence-electron chi connectivity index (χ0n) is 23.1. The molecule has 1 fully saturated rings. The van der Waals surface area contributed by atoms with E-state index in [1.54, 1.807) is 0 Å². The van der Waals surface area contributed by atoms with Crippen LogP contribution in [-0.2, 0) is 17.8 Å². The van der Waals surface area contributed by atoms with Crippen LogP contribution in [-0.4, -0.2) is 71.8 Å². The minimum absolute atomic E-state index is 0.0651. The summed E-state index contributed by atoms with van der Waals surface area (Å²) in [5, 5.41) is 18.7. The first-order chi connectivity index (χ1) is 20.6. The van der Waals surface area contributed by atoms with E-state index in [0.29, 0.717) is 10.5 Å². The molecule has 15 heteroatoms. The number of amides is 1. The van der Waals surface area contributed by atoms with Crippen LogP contribution >= 0.6 is 23.1 Å². The highest BCUT2D eigenvalue weighted by molar-refractivity contribution is 7.11. The number of likely N-dealkylation sites (tertiary alicyclic amines) is 1. The number of nitrogens with zero attached hydrogens (tertiary/aromatic N) is 6. The number of benzene rings is 1. The van der Waals surface area contributed by atoms with Crippen LogP contribution in [0.5, 0.6) is 0 Å². The number of hydrogen-bond donors (Lipinski definition) is 2. The highest BCUT2D eigenvalue weighted by Gasteiger charge is 2.37. The van der Waals surface area contributed by atoms with Crippen LogP contribution in [0.25, 0.3) is 21.5 Å². The summed E-state index contributed by atoms with van der Waals surface area (Å²) in [6.45, 7) is 0.151. The van der Waals surface area contributed by atoms with Crippen molar-refractivity contribution in [3.8, 4) is 10.4 Å². The van der Waals surface area contributed by atoms with Crippen molar-refractivity contribution in [3.05, 3.63) is 63.2 Å². The van der Waals surface area contributed by atoms with E-state index in [4.69, 9.17) is 11.6 Å². The van der Waals surface area contributed by atoms with Crippen molar-refractivity contribution in [3.63, 3.8) is 0 Å². The fourth-order valence-electron chi connectivity index (χ4n) is 6.02. The standard InChI is InChI=1S/C28H29ClF3N7O3S/c1-33-19-3-2-16-17(19)10-15(11-18(16)29)25-23-24(36-43-25)27(41)38(14-34-23)13-28(42)5-8-37(9-6-28)22(40)12-20(26(31)32)39-7-4-21(30)35-39/h4,7,10-11,14,19-20,26,33,42H,2-3,5-6,8-9,12-13H2,1H3. The summed E-state index contributed by atoms with van der Waals surface area (Å²) in [4.78, 5) is 32.8. The molecule has 4 aromatic rings. The quantitative estimate of drug-likeness (QED) is 0.301. The summed E-state index contributed by atoms with van der Waals surface area (Å²) in [5.41, 5.74) is 2.02. The number of hydrogen-bond acceptors (Lipinski definition) is 8. The maximum absolute atomic E-state index is 13.6. The number of aromatic nitrogens is 5. The molecule has 6 rings (SSSR count). The number of carbonyl (C=O) groups is 1. The van der Waals surface area contributed by atoms with Gasteiger partial charge in [0, 0.05) is 36.4 Å². The molecule has 0 saturated carbocycles. The van der Waals surface area contributed by atoms with Crippen LogP contribution in [0.1, 0.15) is 48.9 Å². The van der Waals surface area contributed by atoms with E-state index in [0.717, 1.165) is 62.9 Å². The van der Waals surface area contributed by atoms with Gasteiger partial charge in [0.2, 0.25) is 11.9 Å². The second-order valence-corrected chi connectivity index (χ2v) is 12.3. The molecule has 1 aromatic carbocycles. The lowest BCUT2D eigenvalue weighted by Gasteiger charge is -2.38. The summed E-state index contributed by atoms with van der Waals surface area (Å²) >= 11 is 7.77. The molecule has 2 N–H and O–H groups in total. The van der Waals surface area contributed by atoms with Crippen molar-refractivity contribution in [1.82, 2.24) is 33.9 Å². The topological polar surface area (TPSA) is 118 Å². The van der Waals surface area contributed by atoms with Gasteiger partial charge in [-0.2, -0.15) is 8.76 Å². The van der Waals surface area contributed by atoms with Crippen LogP contribution in [0, 0.1) is 5.95 Å². The summed E-state index contributed by atoms with van der Waals surface area (Å²) < 4.78 is 46.9. The Bertz CT molecular complexity index is 1730. The number of fused-ring (bicyclic) bond motifs is 2. The molecule has 1 aliphatic carbocycles. The molecule has 2 aliphatic rings. The van der Waals surface area contributed by atoms with Gasteiger partial charge in [0.05, 0.1) is 29.8 Å². The lowest BCUT2D eigenvalue weighted by Crippen LogP contribution is -2.50. The van der Waals surface area contributed by atoms with E-state index in [1.165, 1.54) is 15.8 Å². The van der Waals surface area contributed by atoms with Gasteiger partial charge in [-0.15, -0.1) is 5.10 Å². The summed E-state index contributed by atoms with van der Waals surface area (Å²) in [6, 6.07) is 3.50. The van der Waals surface area contributed by atoms with Gasteiger partial charge in [-0.05, 0) is 73.1 Å². The van der Waals surface area contributed by atoms with Gasteiger partial charge in [0.1, 0.15) is 11.6 Å². The highest BCUT2D eigenvalue weighted by atomic mass is 35.5. The Morgan fingerprint density at radius 1 is 1.28 bits per heavy atom. The smallest absolute Gasteiger partial charge is 0.281 e. The van der Waals surface area contributed by atoms with Crippen LogP contribution in [0.2, 0.25) is 5.02 Å². The number of alkyl halides is 2. The Labute approximate surface area is 253 Å². The first-order valence-electron chi connectivity index (χ1n) is 13.9. The number of aliphatic hydroxyl groups is 1. The number of halogens is 4. The van der Waals surface area contributed by atoms with Crippen molar-refractivity contribution < 1.29 is 23.1 Å². The van der Waals surface area contributed by atoms with Gasteiger partial charge in [-0.3, -0.25) is 18.8 Å². The molecule has 43 heavy (non-hydrogen) atoms. The number of piperidine rings is 1. The zero-order chi connectivity index (χ0) is 30.5. The van der Waals surface area contributed by atoms with Crippen molar-refractivity contribution in [2.24, 2.45) is 0 Å². The highest BCUT2D eigenvalue weighted by Crippen LogP contribution is 2.41. The van der Waals surface area contributed by atoms with Gasteiger partial charge in [-0.1, -0.05) is 11.6 Å². The molecule has 1 amide bonds. The summed E-state index contributed by atoms with van der Waals surface area (Å²) in [7, 11) is 1.91. The maximum Gasteiger partial charge on any atom is 0.281 e. The van der Waals surface area contributed by atoms with Crippen LogP contribution in [0.4, 0.5) is 13.2 Å². The molecule has 4 heterocycles. The monoisotopic (exact) mass is 635 g/mol. The SMILES string of the molecule is CNC1CCc2c(Cl)cc(-c3snc4c(=O)n(CC5(O)CCN(C(=O)CC(C(F)F)n6ccc(F)n6)CC5)cnc34)cc21. The Hall–Kier alpha value is -3.33. The Morgan fingerprint density at radius 2 is 2.05 bits per heavy atom. The molecule has 0 bridgehead atoms. The number of nitrogens with one attached hydrogen (secondary N) is 1. The van der Waals surface area contributed by atoms with Gasteiger partial charge in [0.25, 0.3) is 12.0 Å². The molecule has 2 atom stereocenters. The van der Waals surface area contributed by atoms with E-state index in [-0.39, 0.29) is 44.0 Å². The molecular formula is C28H29ClF3N7O3S. The Kier molecular flexibility index (Phi) is 8.05. The lowest BCUT2D eigenvalue weighted by molar-refractivity contribution is -0.138. The van der Waals surface area contributed by atoms with Crippen molar-refractivity contribution in [2.75, 3.05) is 20.1 Å². The molecule has 2 unspecified atom stereocenters. The molecule has 1 aliphatic heterocycles. The minimum atomic E-state index is -2.92. The third-order valence-corrected chi connectivity index (χ3v) is 9.68. The van der Waals surface area contributed by atoms with E-state index in [2.05, 4.69) is 25.8 Å². The first kappa shape index (κ1) is 29.7. The first-order valence-corrected chi connectivity index (χ1v) is 15.1. The maximum atomic E-state index is 13.6. The molecule has 0 spiro atoms. The van der Waals surface area contributed by atoms with Crippen molar-refractivity contribution >= 4 is 40.1 Å². The fraction of sp³-hybridized carbons (Fsp3) is 0.464. The van der Waals surface area contributed by atoms with E-state index in [9.17, 15) is 27.9 Å². The van der Waals surface area contributed by atoms with Gasteiger partial charge in [0.15, 0.2) is 5.52 Å². The van der Waals surface area contributed by atoms with E-state index < -0.39 is 41.9 Å². The average Bonchev–Trinajstić information content (AvgIpc) is 3.71. The third-order valence-electron chi connectivity index (χ3n) is 8.46. The molecule has 1 saturated heterocycles. The minimum Gasteiger partial charge on any atom is -0.388 e. The third kappa shape index (κ3) is 5.68. The van der Waals surface area contributed by atoms with Crippen molar-refractivity contribution in [1.29, 1.82) is 0 Å².